The van der Waals surface area contributed by atoms with E-state index >= 15 is 0 Å². The van der Waals surface area contributed by atoms with E-state index < -0.39 is 9.84 Å². The van der Waals surface area contributed by atoms with E-state index in [0.29, 0.717) is 35.9 Å². The first-order valence-corrected chi connectivity index (χ1v) is 10.1. The van der Waals surface area contributed by atoms with Crippen molar-refractivity contribution in [2.24, 2.45) is 0 Å². The Morgan fingerprint density at radius 3 is 2.50 bits per heavy atom. The quantitative estimate of drug-likeness (QED) is 0.878. The molecule has 0 saturated carbocycles. The fraction of sp³-hybridized carbons (Fsp3) is 0.400. The zero-order chi connectivity index (χ0) is 17.2. The zero-order valence-corrected chi connectivity index (χ0v) is 14.9. The van der Waals surface area contributed by atoms with Crippen LogP contribution < -0.4 is 5.32 Å². The lowest BCUT2D eigenvalue weighted by Crippen LogP contribution is -2.39. The topological polar surface area (TPSA) is 92.3 Å². The zero-order valence-electron chi connectivity index (χ0n) is 13.2. The Morgan fingerprint density at radius 1 is 1.25 bits per heavy atom. The van der Waals surface area contributed by atoms with Gasteiger partial charge in [-0.3, -0.25) is 9.69 Å². The van der Waals surface area contributed by atoms with Gasteiger partial charge in [-0.1, -0.05) is 16.6 Å². The van der Waals surface area contributed by atoms with Crippen molar-refractivity contribution in [1.82, 2.24) is 14.5 Å². The largest absolute Gasteiger partial charge is 0.321 e. The van der Waals surface area contributed by atoms with Gasteiger partial charge in [0, 0.05) is 25.3 Å². The molecular formula is C15H18N4O3S2. The van der Waals surface area contributed by atoms with Crippen molar-refractivity contribution < 1.29 is 13.2 Å². The Morgan fingerprint density at radius 2 is 1.92 bits per heavy atom. The molecule has 0 spiro atoms. The molecule has 1 amide bonds. The van der Waals surface area contributed by atoms with Crippen LogP contribution in [-0.2, 0) is 16.4 Å². The van der Waals surface area contributed by atoms with Crippen molar-refractivity contribution in [2.75, 3.05) is 29.9 Å². The van der Waals surface area contributed by atoms with Crippen LogP contribution in [0.3, 0.4) is 0 Å². The molecule has 1 aromatic heterocycles. The maximum Gasteiger partial charge on any atom is 0.269 e. The third-order valence-electron chi connectivity index (χ3n) is 3.91. The van der Waals surface area contributed by atoms with Crippen LogP contribution >= 0.6 is 11.5 Å². The highest BCUT2D eigenvalue weighted by molar-refractivity contribution is 7.91. The number of aryl methyl sites for hydroxylation is 1. The molecule has 0 bridgehead atoms. The molecule has 128 valence electrons. The number of anilines is 1. The highest BCUT2D eigenvalue weighted by Crippen LogP contribution is 2.16. The number of hydrogen-bond acceptors (Lipinski definition) is 7. The summed E-state index contributed by atoms with van der Waals surface area (Å²) in [6, 6.07) is 7.57. The fourth-order valence-electron chi connectivity index (χ4n) is 2.49. The Hall–Kier alpha value is -1.84. The van der Waals surface area contributed by atoms with Crippen LogP contribution in [0.1, 0.15) is 20.9 Å². The molecule has 1 saturated heterocycles. The molecule has 2 aromatic rings. The van der Waals surface area contributed by atoms with Crippen LogP contribution in [0, 0.1) is 6.92 Å². The Kier molecular flexibility index (Phi) is 4.93. The van der Waals surface area contributed by atoms with Crippen molar-refractivity contribution in [2.45, 2.75) is 13.5 Å². The van der Waals surface area contributed by atoms with E-state index in [-0.39, 0.29) is 17.4 Å². The summed E-state index contributed by atoms with van der Waals surface area (Å²) in [6.07, 6.45) is 0. The number of nitrogens with one attached hydrogen (secondary N) is 1. The van der Waals surface area contributed by atoms with Crippen LogP contribution in [0.2, 0.25) is 0 Å². The second-order valence-electron chi connectivity index (χ2n) is 5.77. The third kappa shape index (κ3) is 4.16. The van der Waals surface area contributed by atoms with Crippen molar-refractivity contribution >= 4 is 33.0 Å². The van der Waals surface area contributed by atoms with Crippen LogP contribution in [0.5, 0.6) is 0 Å². The minimum absolute atomic E-state index is 0.212. The van der Waals surface area contributed by atoms with E-state index in [2.05, 4.69) is 19.8 Å². The van der Waals surface area contributed by atoms with Crippen molar-refractivity contribution in [1.29, 1.82) is 0 Å². The molecule has 1 aromatic carbocycles. The minimum Gasteiger partial charge on any atom is -0.321 e. The Labute approximate surface area is 144 Å². The van der Waals surface area contributed by atoms with Crippen molar-refractivity contribution in [3.8, 4) is 0 Å². The molecular weight excluding hydrogens is 348 g/mol. The van der Waals surface area contributed by atoms with Gasteiger partial charge in [0.15, 0.2) is 9.84 Å². The van der Waals surface area contributed by atoms with Gasteiger partial charge in [0.2, 0.25) is 0 Å². The van der Waals surface area contributed by atoms with Gasteiger partial charge in [-0.15, -0.1) is 5.10 Å². The van der Waals surface area contributed by atoms with Crippen LogP contribution in [0.4, 0.5) is 5.69 Å². The third-order valence-corrected chi connectivity index (χ3v) is 6.35. The summed E-state index contributed by atoms with van der Waals surface area (Å²) < 4.78 is 26.6. The molecule has 24 heavy (non-hydrogen) atoms. The average Bonchev–Trinajstić information content (AvgIpc) is 2.97. The Balaban J connectivity index is 1.58. The standard InChI is InChI=1S/C15H18N4O3S2/c1-11-14(23-18-17-11)15(20)16-13-4-2-12(3-5-13)10-19-6-8-24(21,22)9-7-19/h2-5H,6-10H2,1H3,(H,16,20). The SMILES string of the molecule is Cc1nnsc1C(=O)Nc1ccc(CN2CCS(=O)(=O)CC2)cc1. The predicted molar refractivity (Wildman–Crippen MR) is 93.0 cm³/mol. The van der Waals surface area contributed by atoms with E-state index in [1.54, 1.807) is 6.92 Å². The highest BCUT2D eigenvalue weighted by atomic mass is 32.2. The molecule has 2 heterocycles. The Bertz CT molecular complexity index is 817. The van der Waals surface area contributed by atoms with Crippen molar-refractivity contribution in [3.63, 3.8) is 0 Å². The maximum absolute atomic E-state index is 12.1. The van der Waals surface area contributed by atoms with E-state index in [1.165, 1.54) is 0 Å². The van der Waals surface area contributed by atoms with Gasteiger partial charge in [0.1, 0.15) is 4.88 Å². The van der Waals surface area contributed by atoms with Gasteiger partial charge in [0.25, 0.3) is 5.91 Å². The summed E-state index contributed by atoms with van der Waals surface area (Å²) in [5.41, 5.74) is 2.41. The normalized spacial score (nSPS) is 17.5. The molecule has 0 aliphatic carbocycles. The summed E-state index contributed by atoms with van der Waals surface area (Å²) in [6.45, 7) is 3.60. The second-order valence-corrected chi connectivity index (χ2v) is 8.82. The second kappa shape index (κ2) is 6.96. The summed E-state index contributed by atoms with van der Waals surface area (Å²) in [7, 11) is -2.85. The number of sulfone groups is 1. The van der Waals surface area contributed by atoms with Gasteiger partial charge in [-0.05, 0) is 36.2 Å². The van der Waals surface area contributed by atoms with Gasteiger partial charge in [0.05, 0.1) is 17.2 Å². The molecule has 3 rings (SSSR count). The molecule has 1 aliphatic rings. The molecule has 0 unspecified atom stereocenters. The fourth-order valence-corrected chi connectivity index (χ4v) is 4.32. The van der Waals surface area contributed by atoms with E-state index in [0.717, 1.165) is 17.1 Å². The summed E-state index contributed by atoms with van der Waals surface area (Å²) in [5, 5.41) is 6.65. The summed E-state index contributed by atoms with van der Waals surface area (Å²) >= 11 is 1.07. The highest BCUT2D eigenvalue weighted by Gasteiger charge is 2.21. The van der Waals surface area contributed by atoms with Crippen LogP contribution in [0.25, 0.3) is 0 Å². The van der Waals surface area contributed by atoms with Crippen molar-refractivity contribution in [3.05, 3.63) is 40.4 Å². The predicted octanol–water partition coefficient (Wildman–Crippen LogP) is 1.33. The number of amides is 1. The molecule has 0 radical (unpaired) electrons. The molecule has 1 fully saturated rings. The smallest absolute Gasteiger partial charge is 0.269 e. The maximum atomic E-state index is 12.1. The number of nitrogens with zero attached hydrogens (tertiary/aromatic N) is 3. The number of carbonyl (C=O) groups excluding carboxylic acids is 1. The summed E-state index contributed by atoms with van der Waals surface area (Å²) in [4.78, 5) is 14.7. The van der Waals surface area contributed by atoms with E-state index in [9.17, 15) is 13.2 Å². The van der Waals surface area contributed by atoms with Gasteiger partial charge in [-0.25, -0.2) is 8.42 Å². The number of aromatic nitrogens is 2. The van der Waals surface area contributed by atoms with Crippen LogP contribution in [-0.4, -0.2) is 53.4 Å². The lowest BCUT2D eigenvalue weighted by Gasteiger charge is -2.26. The first-order valence-electron chi connectivity index (χ1n) is 7.55. The summed E-state index contributed by atoms with van der Waals surface area (Å²) in [5.74, 6) is 0.240. The van der Waals surface area contributed by atoms with E-state index in [1.807, 2.05) is 24.3 Å². The first kappa shape index (κ1) is 17.0. The van der Waals surface area contributed by atoms with Gasteiger partial charge < -0.3 is 5.32 Å². The van der Waals surface area contributed by atoms with E-state index in [4.69, 9.17) is 0 Å². The average molecular weight is 366 g/mol. The first-order chi connectivity index (χ1) is 11.4. The van der Waals surface area contributed by atoms with Gasteiger partial charge in [-0.2, -0.15) is 0 Å². The number of rotatable bonds is 4. The van der Waals surface area contributed by atoms with Gasteiger partial charge >= 0.3 is 0 Å². The molecule has 7 nitrogen and oxygen atoms in total. The lowest BCUT2D eigenvalue weighted by atomic mass is 10.2. The number of benzene rings is 1. The number of carbonyl (C=O) groups is 1. The minimum atomic E-state index is -2.85. The molecule has 0 atom stereocenters. The molecule has 1 aliphatic heterocycles. The lowest BCUT2D eigenvalue weighted by molar-refractivity contribution is 0.103. The van der Waals surface area contributed by atoms with Crippen LogP contribution in [0.15, 0.2) is 24.3 Å². The monoisotopic (exact) mass is 366 g/mol. The molecule has 1 N–H and O–H groups in total. The molecule has 9 heteroatoms. The number of hydrogen-bond donors (Lipinski definition) is 1.